The normalized spacial score (nSPS) is 9.65. The maximum atomic E-state index is 13.6. The van der Waals surface area contributed by atoms with Crippen molar-refractivity contribution in [2.75, 3.05) is 6.61 Å². The summed E-state index contributed by atoms with van der Waals surface area (Å²) in [7, 11) is 0. The highest BCUT2D eigenvalue weighted by Gasteiger charge is 2.12. The molecule has 0 unspecified atom stereocenters. The van der Waals surface area contributed by atoms with E-state index < -0.39 is 5.82 Å². The summed E-state index contributed by atoms with van der Waals surface area (Å²) < 4.78 is 19.1. The first-order chi connectivity index (χ1) is 9.18. The molecule has 0 aliphatic heterocycles. The summed E-state index contributed by atoms with van der Waals surface area (Å²) in [6.07, 6.45) is 0.717. The third-order valence-corrected chi connectivity index (χ3v) is 2.74. The fourth-order valence-corrected chi connectivity index (χ4v) is 1.81. The molecule has 0 aliphatic carbocycles. The zero-order valence-electron chi connectivity index (χ0n) is 10.8. The van der Waals surface area contributed by atoms with E-state index in [9.17, 15) is 4.39 Å². The first-order valence-electron chi connectivity index (χ1n) is 5.98. The van der Waals surface area contributed by atoms with Crippen molar-refractivity contribution < 1.29 is 9.13 Å². The summed E-state index contributed by atoms with van der Waals surface area (Å²) in [4.78, 5) is 0. The van der Waals surface area contributed by atoms with Crippen LogP contribution in [0.5, 0.6) is 5.75 Å². The summed E-state index contributed by atoms with van der Waals surface area (Å²) in [6.45, 7) is 0.410. The predicted octanol–water partition coefficient (Wildman–Crippen LogP) is 3.15. The van der Waals surface area contributed by atoms with Crippen LogP contribution in [0.25, 0.3) is 0 Å². The highest BCUT2D eigenvalue weighted by atomic mass is 35.5. The zero-order valence-corrected chi connectivity index (χ0v) is 11.6. The Morgan fingerprint density at radius 1 is 1.10 bits per heavy atom. The van der Waals surface area contributed by atoms with Crippen LogP contribution in [-0.2, 0) is 6.42 Å². The van der Waals surface area contributed by atoms with E-state index >= 15 is 0 Å². The van der Waals surface area contributed by atoms with Crippen LogP contribution in [0.3, 0.4) is 0 Å². The molecule has 0 saturated heterocycles. The molecule has 3 N–H and O–H groups in total. The summed E-state index contributed by atoms with van der Waals surface area (Å²) in [6, 6.07) is 14.3. The minimum absolute atomic E-state index is 0. The second-order valence-corrected chi connectivity index (χ2v) is 4.11. The van der Waals surface area contributed by atoms with Crippen molar-refractivity contribution in [1.29, 1.82) is 5.41 Å². The van der Waals surface area contributed by atoms with Crippen molar-refractivity contribution in [3.05, 3.63) is 65.5 Å². The molecule has 5 heteroatoms. The van der Waals surface area contributed by atoms with Gasteiger partial charge in [-0.3, -0.25) is 5.41 Å². The maximum Gasteiger partial charge on any atom is 0.137 e. The summed E-state index contributed by atoms with van der Waals surface area (Å²) in [5.41, 5.74) is 6.53. The van der Waals surface area contributed by atoms with Crippen LogP contribution in [-0.4, -0.2) is 12.4 Å². The molecule has 0 heterocycles. The van der Waals surface area contributed by atoms with Gasteiger partial charge >= 0.3 is 0 Å². The van der Waals surface area contributed by atoms with Gasteiger partial charge in [-0.25, -0.2) is 4.39 Å². The summed E-state index contributed by atoms with van der Waals surface area (Å²) >= 11 is 0. The van der Waals surface area contributed by atoms with E-state index in [0.29, 0.717) is 18.8 Å². The average Bonchev–Trinajstić information content (AvgIpc) is 2.39. The van der Waals surface area contributed by atoms with E-state index in [1.807, 2.05) is 30.3 Å². The number of nitrogens with one attached hydrogen (secondary N) is 1. The minimum atomic E-state index is -0.537. The Balaban J connectivity index is 0.00000200. The van der Waals surface area contributed by atoms with Gasteiger partial charge < -0.3 is 10.5 Å². The third kappa shape index (κ3) is 3.96. The Bertz CT molecular complexity index is 575. The molecule has 0 aromatic heterocycles. The van der Waals surface area contributed by atoms with Gasteiger partial charge in [-0.2, -0.15) is 0 Å². The number of hydrogen-bond acceptors (Lipinski definition) is 2. The molecule has 20 heavy (non-hydrogen) atoms. The summed E-state index contributed by atoms with van der Waals surface area (Å²) in [5.74, 6) is -0.555. The van der Waals surface area contributed by atoms with Crippen LogP contribution in [0.2, 0.25) is 0 Å². The first kappa shape index (κ1) is 16.0. The highest BCUT2D eigenvalue weighted by Crippen LogP contribution is 2.21. The van der Waals surface area contributed by atoms with Crippen molar-refractivity contribution >= 4 is 18.2 Å². The Morgan fingerprint density at radius 3 is 2.45 bits per heavy atom. The number of halogens is 2. The maximum absolute atomic E-state index is 13.6. The van der Waals surface area contributed by atoms with Crippen LogP contribution in [0.15, 0.2) is 48.5 Å². The van der Waals surface area contributed by atoms with Gasteiger partial charge in [-0.1, -0.05) is 36.4 Å². The van der Waals surface area contributed by atoms with E-state index in [4.69, 9.17) is 15.9 Å². The molecule has 0 amide bonds. The lowest BCUT2D eigenvalue weighted by molar-refractivity contribution is 0.319. The number of amidine groups is 1. The Kier molecular flexibility index (Phi) is 6.00. The fourth-order valence-electron chi connectivity index (χ4n) is 1.81. The van der Waals surface area contributed by atoms with E-state index in [2.05, 4.69) is 0 Å². The first-order valence-corrected chi connectivity index (χ1v) is 5.98. The van der Waals surface area contributed by atoms with E-state index in [-0.39, 0.29) is 23.8 Å². The number of hydrogen-bond donors (Lipinski definition) is 2. The topological polar surface area (TPSA) is 59.1 Å². The molecule has 0 aliphatic rings. The van der Waals surface area contributed by atoms with Gasteiger partial charge in [0.25, 0.3) is 0 Å². The third-order valence-electron chi connectivity index (χ3n) is 2.74. The molecule has 2 aromatic carbocycles. The van der Waals surface area contributed by atoms with Gasteiger partial charge in [0.15, 0.2) is 0 Å². The van der Waals surface area contributed by atoms with Crippen molar-refractivity contribution in [2.45, 2.75) is 6.42 Å². The number of ether oxygens (including phenoxy) is 1. The SMILES string of the molecule is Cl.N=C(N)c1c(F)cccc1OCCc1ccccc1. The molecule has 0 atom stereocenters. The lowest BCUT2D eigenvalue weighted by Gasteiger charge is -2.11. The van der Waals surface area contributed by atoms with E-state index in [1.54, 1.807) is 12.1 Å². The molecule has 0 radical (unpaired) electrons. The van der Waals surface area contributed by atoms with Gasteiger partial charge in [-0.05, 0) is 17.7 Å². The van der Waals surface area contributed by atoms with Gasteiger partial charge in [0.2, 0.25) is 0 Å². The second kappa shape index (κ2) is 7.50. The van der Waals surface area contributed by atoms with Crippen LogP contribution in [0.4, 0.5) is 4.39 Å². The van der Waals surface area contributed by atoms with E-state index in [1.165, 1.54) is 6.07 Å². The highest BCUT2D eigenvalue weighted by molar-refractivity contribution is 5.97. The lowest BCUT2D eigenvalue weighted by atomic mass is 10.1. The Hall–Kier alpha value is -2.07. The van der Waals surface area contributed by atoms with Crippen LogP contribution >= 0.6 is 12.4 Å². The fraction of sp³-hybridized carbons (Fsp3) is 0.133. The van der Waals surface area contributed by atoms with Crippen LogP contribution < -0.4 is 10.5 Å². The molecular weight excluding hydrogens is 279 g/mol. The standard InChI is InChI=1S/C15H15FN2O.ClH/c16-12-7-4-8-13(14(12)15(17)18)19-10-9-11-5-2-1-3-6-11;/h1-8H,9-10H2,(H3,17,18);1H. The zero-order chi connectivity index (χ0) is 13.7. The second-order valence-electron chi connectivity index (χ2n) is 4.11. The lowest BCUT2D eigenvalue weighted by Crippen LogP contribution is -2.16. The average molecular weight is 295 g/mol. The number of benzene rings is 2. The molecule has 0 saturated carbocycles. The van der Waals surface area contributed by atoms with Crippen LogP contribution in [0.1, 0.15) is 11.1 Å². The molecule has 2 aromatic rings. The molecule has 106 valence electrons. The predicted molar refractivity (Wildman–Crippen MR) is 80.3 cm³/mol. The van der Waals surface area contributed by atoms with Gasteiger partial charge in [-0.15, -0.1) is 12.4 Å². The van der Waals surface area contributed by atoms with Crippen molar-refractivity contribution in [3.8, 4) is 5.75 Å². The van der Waals surface area contributed by atoms with E-state index in [0.717, 1.165) is 5.56 Å². The van der Waals surface area contributed by atoms with Gasteiger partial charge in [0, 0.05) is 6.42 Å². The summed E-state index contributed by atoms with van der Waals surface area (Å²) in [5, 5.41) is 7.37. The quantitative estimate of drug-likeness (QED) is 0.657. The molecule has 0 bridgehead atoms. The molecule has 0 fully saturated rings. The molecule has 2 rings (SSSR count). The van der Waals surface area contributed by atoms with Gasteiger partial charge in [0.05, 0.1) is 12.2 Å². The number of rotatable bonds is 5. The Labute approximate surface area is 123 Å². The smallest absolute Gasteiger partial charge is 0.137 e. The van der Waals surface area contributed by atoms with Gasteiger partial charge in [0.1, 0.15) is 17.4 Å². The largest absolute Gasteiger partial charge is 0.492 e. The minimum Gasteiger partial charge on any atom is -0.492 e. The molecular formula is C15H16ClFN2O. The Morgan fingerprint density at radius 2 is 1.80 bits per heavy atom. The monoisotopic (exact) mass is 294 g/mol. The molecule has 3 nitrogen and oxygen atoms in total. The van der Waals surface area contributed by atoms with Crippen molar-refractivity contribution in [1.82, 2.24) is 0 Å². The number of nitrogen functional groups attached to an aromatic ring is 1. The van der Waals surface area contributed by atoms with Crippen molar-refractivity contribution in [2.24, 2.45) is 5.73 Å². The van der Waals surface area contributed by atoms with Crippen molar-refractivity contribution in [3.63, 3.8) is 0 Å². The van der Waals surface area contributed by atoms with Crippen LogP contribution in [0, 0.1) is 11.2 Å². The molecule has 0 spiro atoms. The number of nitrogens with two attached hydrogens (primary N) is 1.